The molecule has 1 aromatic carbocycles. The van der Waals surface area contributed by atoms with Gasteiger partial charge in [-0.1, -0.05) is 27.7 Å². The molecule has 1 heterocycles. The van der Waals surface area contributed by atoms with Gasteiger partial charge in [-0.2, -0.15) is 0 Å². The largest absolute Gasteiger partial charge is 0.335 e. The highest BCUT2D eigenvalue weighted by atomic mass is 79.9. The van der Waals surface area contributed by atoms with Crippen LogP contribution in [0.15, 0.2) is 21.6 Å². The monoisotopic (exact) mass is 324 g/mol. The van der Waals surface area contributed by atoms with Gasteiger partial charge in [0, 0.05) is 15.4 Å². The molecule has 1 aliphatic carbocycles. The zero-order chi connectivity index (χ0) is 12.7. The summed E-state index contributed by atoms with van der Waals surface area (Å²) in [6, 6.07) is 4.34. The lowest BCUT2D eigenvalue weighted by atomic mass is 10.1. The van der Waals surface area contributed by atoms with Gasteiger partial charge >= 0.3 is 0 Å². The fourth-order valence-electron chi connectivity index (χ4n) is 2.31. The normalized spacial score (nSPS) is 23.1. The van der Waals surface area contributed by atoms with Crippen LogP contribution < -0.4 is 5.32 Å². The molecule has 0 saturated heterocycles. The number of nitrogens with zero attached hydrogens (tertiary/aromatic N) is 1. The Kier molecular flexibility index (Phi) is 3.41. The van der Waals surface area contributed by atoms with Crippen molar-refractivity contribution in [2.24, 2.45) is 10.9 Å². The van der Waals surface area contributed by atoms with Gasteiger partial charge in [-0.3, -0.25) is 4.99 Å². The summed E-state index contributed by atoms with van der Waals surface area (Å²) in [4.78, 5) is 4.61. The van der Waals surface area contributed by atoms with Crippen LogP contribution in [0.1, 0.15) is 24.0 Å². The summed E-state index contributed by atoms with van der Waals surface area (Å²) in [6.07, 6.45) is 2.80. The highest BCUT2D eigenvalue weighted by Gasteiger charge is 2.35. The van der Waals surface area contributed by atoms with E-state index in [-0.39, 0.29) is 0 Å². The summed E-state index contributed by atoms with van der Waals surface area (Å²) in [5.41, 5.74) is 3.68. The van der Waals surface area contributed by atoms with E-state index in [0.29, 0.717) is 0 Å². The molecule has 1 N–H and O–H groups in total. The van der Waals surface area contributed by atoms with Crippen LogP contribution in [0.25, 0.3) is 0 Å². The molecule has 1 aliphatic heterocycles. The van der Waals surface area contributed by atoms with E-state index in [1.807, 2.05) is 11.8 Å². The molecule has 96 valence electrons. The first-order valence-corrected chi connectivity index (χ1v) is 8.05. The van der Waals surface area contributed by atoms with Crippen molar-refractivity contribution in [2.45, 2.75) is 31.9 Å². The standard InChI is InChI=1S/C14H17BrN2S/c1-8-5-11(6-9(2)13(8)15)17-14-16-7-12(18-14)10-3-4-10/h5-6,10,12H,3-4,7H2,1-2H3,(H,16,17). The van der Waals surface area contributed by atoms with Crippen LogP contribution in [0.5, 0.6) is 0 Å². The Bertz CT molecular complexity index is 486. The topological polar surface area (TPSA) is 24.4 Å². The summed E-state index contributed by atoms with van der Waals surface area (Å²) in [5, 5.41) is 5.27. The zero-order valence-corrected chi connectivity index (χ0v) is 13.1. The molecule has 0 spiro atoms. The van der Waals surface area contributed by atoms with Gasteiger partial charge in [0.1, 0.15) is 0 Å². The van der Waals surface area contributed by atoms with Gasteiger partial charge in [0.25, 0.3) is 0 Å². The molecule has 3 rings (SSSR count). The molecule has 0 bridgehead atoms. The first-order chi connectivity index (χ1) is 8.63. The second-order valence-electron chi connectivity index (χ2n) is 5.19. The van der Waals surface area contributed by atoms with E-state index in [2.05, 4.69) is 52.2 Å². The van der Waals surface area contributed by atoms with E-state index in [4.69, 9.17) is 0 Å². The van der Waals surface area contributed by atoms with Crippen LogP contribution in [-0.2, 0) is 0 Å². The Hall–Kier alpha value is -0.480. The molecule has 1 atom stereocenters. The number of halogens is 1. The summed E-state index contributed by atoms with van der Waals surface area (Å²) >= 11 is 5.52. The maximum atomic E-state index is 4.61. The first kappa shape index (κ1) is 12.5. The Labute approximate surface area is 121 Å². The van der Waals surface area contributed by atoms with Crippen LogP contribution in [0.4, 0.5) is 5.69 Å². The number of anilines is 1. The van der Waals surface area contributed by atoms with Crippen LogP contribution in [0.3, 0.4) is 0 Å². The maximum Gasteiger partial charge on any atom is 0.161 e. The van der Waals surface area contributed by atoms with Crippen molar-refractivity contribution in [1.29, 1.82) is 0 Å². The average molecular weight is 325 g/mol. The van der Waals surface area contributed by atoms with Crippen molar-refractivity contribution in [3.8, 4) is 0 Å². The van der Waals surface area contributed by atoms with E-state index < -0.39 is 0 Å². The van der Waals surface area contributed by atoms with Crippen molar-refractivity contribution in [3.63, 3.8) is 0 Å². The summed E-state index contributed by atoms with van der Waals surface area (Å²) in [7, 11) is 0. The minimum Gasteiger partial charge on any atom is -0.335 e. The Morgan fingerprint density at radius 3 is 2.56 bits per heavy atom. The number of aryl methyl sites for hydroxylation is 2. The molecule has 2 nitrogen and oxygen atoms in total. The number of amidine groups is 1. The van der Waals surface area contributed by atoms with Crippen LogP contribution in [0, 0.1) is 19.8 Å². The fraction of sp³-hybridized carbons (Fsp3) is 0.500. The van der Waals surface area contributed by atoms with E-state index in [0.717, 1.165) is 28.6 Å². The smallest absolute Gasteiger partial charge is 0.161 e. The molecule has 1 aromatic rings. The second-order valence-corrected chi connectivity index (χ2v) is 7.21. The van der Waals surface area contributed by atoms with Crippen molar-refractivity contribution in [1.82, 2.24) is 0 Å². The highest BCUT2D eigenvalue weighted by molar-refractivity contribution is 9.10. The van der Waals surface area contributed by atoms with Crippen molar-refractivity contribution in [2.75, 3.05) is 11.9 Å². The molecule has 2 aliphatic rings. The molecule has 1 unspecified atom stereocenters. The molecule has 1 saturated carbocycles. The minimum absolute atomic E-state index is 0.727. The maximum absolute atomic E-state index is 4.61. The highest BCUT2D eigenvalue weighted by Crippen LogP contribution is 2.42. The number of rotatable bonds is 2. The van der Waals surface area contributed by atoms with Crippen LogP contribution in [-0.4, -0.2) is 17.0 Å². The predicted molar refractivity (Wildman–Crippen MR) is 83.6 cm³/mol. The van der Waals surface area contributed by atoms with Gasteiger partial charge in [0.05, 0.1) is 6.54 Å². The fourth-order valence-corrected chi connectivity index (χ4v) is 3.77. The molecular weight excluding hydrogens is 308 g/mol. The van der Waals surface area contributed by atoms with Gasteiger partial charge in [-0.05, 0) is 55.9 Å². The number of aliphatic imine (C=N–C) groups is 1. The van der Waals surface area contributed by atoms with Crippen LogP contribution in [0.2, 0.25) is 0 Å². The predicted octanol–water partition coefficient (Wildman–Crippen LogP) is 4.36. The Balaban J connectivity index is 1.69. The van der Waals surface area contributed by atoms with Crippen molar-refractivity contribution >= 4 is 38.5 Å². The summed E-state index contributed by atoms with van der Waals surface area (Å²) in [6.45, 7) is 5.24. The Morgan fingerprint density at radius 2 is 1.94 bits per heavy atom. The minimum atomic E-state index is 0.727. The first-order valence-electron chi connectivity index (χ1n) is 6.38. The molecule has 0 amide bonds. The van der Waals surface area contributed by atoms with Gasteiger partial charge < -0.3 is 5.32 Å². The SMILES string of the molecule is Cc1cc(NC2=NCC(C3CC3)S2)cc(C)c1Br. The summed E-state index contributed by atoms with van der Waals surface area (Å²) < 4.78 is 1.20. The number of benzene rings is 1. The third kappa shape index (κ3) is 2.59. The average Bonchev–Trinajstić information content (AvgIpc) is 3.08. The van der Waals surface area contributed by atoms with E-state index in [1.165, 1.54) is 28.4 Å². The molecule has 4 heteroatoms. The quantitative estimate of drug-likeness (QED) is 0.874. The Morgan fingerprint density at radius 1 is 1.28 bits per heavy atom. The second kappa shape index (κ2) is 4.89. The van der Waals surface area contributed by atoms with Gasteiger partial charge in [0.2, 0.25) is 0 Å². The number of hydrogen-bond donors (Lipinski definition) is 1. The van der Waals surface area contributed by atoms with Gasteiger partial charge in [-0.15, -0.1) is 0 Å². The number of thioether (sulfide) groups is 1. The van der Waals surface area contributed by atoms with Crippen molar-refractivity contribution < 1.29 is 0 Å². The van der Waals surface area contributed by atoms with E-state index in [1.54, 1.807) is 0 Å². The number of nitrogens with one attached hydrogen (secondary N) is 1. The van der Waals surface area contributed by atoms with Gasteiger partial charge in [-0.25, -0.2) is 0 Å². The molecule has 0 radical (unpaired) electrons. The zero-order valence-electron chi connectivity index (χ0n) is 10.7. The lowest BCUT2D eigenvalue weighted by molar-refractivity contribution is 0.773. The molecule has 18 heavy (non-hydrogen) atoms. The number of hydrogen-bond acceptors (Lipinski definition) is 3. The van der Waals surface area contributed by atoms with E-state index in [9.17, 15) is 0 Å². The van der Waals surface area contributed by atoms with E-state index >= 15 is 0 Å². The van der Waals surface area contributed by atoms with Crippen molar-refractivity contribution in [3.05, 3.63) is 27.7 Å². The van der Waals surface area contributed by atoms with Crippen LogP contribution >= 0.6 is 27.7 Å². The third-order valence-corrected chi connectivity index (χ3v) is 6.06. The molecule has 0 aromatic heterocycles. The lowest BCUT2D eigenvalue weighted by Crippen LogP contribution is -2.09. The van der Waals surface area contributed by atoms with Gasteiger partial charge in [0.15, 0.2) is 5.17 Å². The summed E-state index contributed by atoms with van der Waals surface area (Å²) in [5.74, 6) is 0.923. The molecular formula is C14H17BrN2S. The third-order valence-electron chi connectivity index (χ3n) is 3.51. The lowest BCUT2D eigenvalue weighted by Gasteiger charge is -2.11. The molecule has 1 fully saturated rings.